The van der Waals surface area contributed by atoms with E-state index in [1.54, 1.807) is 12.3 Å². The number of para-hydroxylation sites is 1. The van der Waals surface area contributed by atoms with Gasteiger partial charge in [0.15, 0.2) is 0 Å². The lowest BCUT2D eigenvalue weighted by Gasteiger charge is -2.20. The van der Waals surface area contributed by atoms with Crippen molar-refractivity contribution < 1.29 is 0 Å². The lowest BCUT2D eigenvalue weighted by molar-refractivity contribution is 0.899. The maximum atomic E-state index is 8.96. The Labute approximate surface area is 117 Å². The molecular formula is C14H13ClN4. The van der Waals surface area contributed by atoms with Gasteiger partial charge in [-0.2, -0.15) is 5.26 Å². The van der Waals surface area contributed by atoms with Gasteiger partial charge in [0.1, 0.15) is 16.9 Å². The molecule has 0 amide bonds. The summed E-state index contributed by atoms with van der Waals surface area (Å²) >= 11 is 6.15. The summed E-state index contributed by atoms with van der Waals surface area (Å²) in [4.78, 5) is 6.08. The van der Waals surface area contributed by atoms with E-state index in [0.29, 0.717) is 22.9 Å². The maximum Gasteiger partial charge on any atom is 0.148 e. The predicted octanol–water partition coefficient (Wildman–Crippen LogP) is 2.83. The highest BCUT2D eigenvalue weighted by atomic mass is 35.5. The van der Waals surface area contributed by atoms with Crippen molar-refractivity contribution in [3.8, 4) is 6.07 Å². The summed E-state index contributed by atoms with van der Waals surface area (Å²) in [6.07, 6.45) is 1.57. The van der Waals surface area contributed by atoms with E-state index in [2.05, 4.69) is 4.98 Å². The van der Waals surface area contributed by atoms with E-state index < -0.39 is 0 Å². The predicted molar refractivity (Wildman–Crippen MR) is 76.9 cm³/mol. The molecule has 1 aromatic carbocycles. The van der Waals surface area contributed by atoms with Gasteiger partial charge in [-0.25, -0.2) is 4.98 Å². The summed E-state index contributed by atoms with van der Waals surface area (Å²) in [5.74, 6) is 0.573. The fraction of sp³-hybridized carbons (Fsp3) is 0.143. The topological polar surface area (TPSA) is 65.9 Å². The van der Waals surface area contributed by atoms with Crippen LogP contribution in [0.1, 0.15) is 11.1 Å². The smallest absolute Gasteiger partial charge is 0.148 e. The maximum absolute atomic E-state index is 8.96. The fourth-order valence-corrected chi connectivity index (χ4v) is 2.09. The van der Waals surface area contributed by atoms with E-state index in [-0.39, 0.29) is 0 Å². The Kier molecular flexibility index (Phi) is 3.88. The van der Waals surface area contributed by atoms with E-state index in [4.69, 9.17) is 22.6 Å². The van der Waals surface area contributed by atoms with Crippen LogP contribution in [0, 0.1) is 11.3 Å². The first-order valence-electron chi connectivity index (χ1n) is 5.72. The van der Waals surface area contributed by atoms with Crippen LogP contribution < -0.4 is 10.6 Å². The molecule has 0 radical (unpaired) electrons. The van der Waals surface area contributed by atoms with Crippen molar-refractivity contribution in [2.45, 2.75) is 6.54 Å². The van der Waals surface area contributed by atoms with Crippen molar-refractivity contribution in [2.24, 2.45) is 0 Å². The average molecular weight is 273 g/mol. The lowest BCUT2D eigenvalue weighted by Crippen LogP contribution is -2.19. The van der Waals surface area contributed by atoms with Gasteiger partial charge in [0.05, 0.1) is 5.56 Å². The summed E-state index contributed by atoms with van der Waals surface area (Å²) in [6, 6.07) is 11.3. The Morgan fingerprint density at radius 1 is 1.37 bits per heavy atom. The molecule has 2 aromatic rings. The number of nitrogens with two attached hydrogens (primary N) is 1. The number of hydrogen-bond donors (Lipinski definition) is 1. The van der Waals surface area contributed by atoms with Crippen molar-refractivity contribution >= 4 is 23.1 Å². The highest BCUT2D eigenvalue weighted by molar-refractivity contribution is 6.34. The molecular weight excluding hydrogens is 260 g/mol. The molecule has 5 heteroatoms. The van der Waals surface area contributed by atoms with E-state index in [0.717, 1.165) is 11.3 Å². The molecule has 0 aliphatic heterocycles. The quantitative estimate of drug-likeness (QED) is 0.873. The van der Waals surface area contributed by atoms with E-state index in [1.807, 2.05) is 42.3 Å². The van der Waals surface area contributed by atoms with Gasteiger partial charge < -0.3 is 10.6 Å². The Bertz CT molecular complexity index is 634. The first-order valence-corrected chi connectivity index (χ1v) is 6.10. The minimum atomic E-state index is 0.363. The van der Waals surface area contributed by atoms with Gasteiger partial charge in [-0.1, -0.05) is 29.8 Å². The average Bonchev–Trinajstić information content (AvgIpc) is 2.41. The standard InChI is InChI=1S/C14H13ClN4/c1-19(9-11-4-2-3-5-12(11)17)14-13(15)10(8-16)6-7-18-14/h2-7H,9,17H2,1H3. The zero-order valence-corrected chi connectivity index (χ0v) is 11.2. The fourth-order valence-electron chi connectivity index (χ4n) is 1.79. The normalized spacial score (nSPS) is 9.95. The molecule has 0 atom stereocenters. The van der Waals surface area contributed by atoms with Gasteiger partial charge in [0.2, 0.25) is 0 Å². The third-order valence-electron chi connectivity index (χ3n) is 2.82. The largest absolute Gasteiger partial charge is 0.398 e. The Morgan fingerprint density at radius 3 is 2.79 bits per heavy atom. The second-order valence-corrected chi connectivity index (χ2v) is 4.54. The third kappa shape index (κ3) is 2.78. The second kappa shape index (κ2) is 5.59. The molecule has 0 unspecified atom stereocenters. The lowest BCUT2D eigenvalue weighted by atomic mass is 10.1. The van der Waals surface area contributed by atoms with Crippen LogP contribution in [-0.2, 0) is 6.54 Å². The molecule has 0 aliphatic carbocycles. The van der Waals surface area contributed by atoms with Crippen LogP contribution in [0.3, 0.4) is 0 Å². The second-order valence-electron chi connectivity index (χ2n) is 4.16. The summed E-state index contributed by atoms with van der Waals surface area (Å²) in [5, 5.41) is 9.32. The van der Waals surface area contributed by atoms with Crippen LogP contribution in [0.25, 0.3) is 0 Å². The van der Waals surface area contributed by atoms with Gasteiger partial charge in [0, 0.05) is 25.5 Å². The molecule has 2 rings (SSSR count). The Balaban J connectivity index is 2.29. The third-order valence-corrected chi connectivity index (χ3v) is 3.19. The Hall–Kier alpha value is -2.25. The van der Waals surface area contributed by atoms with Gasteiger partial charge in [-0.05, 0) is 17.7 Å². The van der Waals surface area contributed by atoms with Crippen molar-refractivity contribution in [3.05, 3.63) is 52.7 Å². The SMILES string of the molecule is CN(Cc1ccccc1N)c1nccc(C#N)c1Cl. The van der Waals surface area contributed by atoms with Crippen LogP contribution in [0.5, 0.6) is 0 Å². The summed E-state index contributed by atoms with van der Waals surface area (Å²) in [6.45, 7) is 0.578. The minimum absolute atomic E-state index is 0.363. The van der Waals surface area contributed by atoms with Crippen LogP contribution in [-0.4, -0.2) is 12.0 Å². The number of nitrogen functional groups attached to an aromatic ring is 1. The molecule has 0 bridgehead atoms. The summed E-state index contributed by atoms with van der Waals surface area (Å²) in [5.41, 5.74) is 8.04. The number of anilines is 2. The van der Waals surface area contributed by atoms with E-state index in [9.17, 15) is 0 Å². The number of pyridine rings is 1. The van der Waals surface area contributed by atoms with Crippen LogP contribution in [0.2, 0.25) is 5.02 Å². The number of nitriles is 1. The van der Waals surface area contributed by atoms with E-state index in [1.165, 1.54) is 0 Å². The van der Waals surface area contributed by atoms with Crippen molar-refractivity contribution in [2.75, 3.05) is 17.7 Å². The summed E-state index contributed by atoms with van der Waals surface area (Å²) < 4.78 is 0. The molecule has 0 aliphatic rings. The molecule has 0 spiro atoms. The van der Waals surface area contributed by atoms with Gasteiger partial charge in [0.25, 0.3) is 0 Å². The highest BCUT2D eigenvalue weighted by Crippen LogP contribution is 2.27. The van der Waals surface area contributed by atoms with Crippen LogP contribution in [0.4, 0.5) is 11.5 Å². The summed E-state index contributed by atoms with van der Waals surface area (Å²) in [7, 11) is 1.86. The van der Waals surface area contributed by atoms with Gasteiger partial charge in [-0.15, -0.1) is 0 Å². The zero-order valence-electron chi connectivity index (χ0n) is 10.5. The Morgan fingerprint density at radius 2 is 2.11 bits per heavy atom. The van der Waals surface area contributed by atoms with Crippen LogP contribution >= 0.6 is 11.6 Å². The van der Waals surface area contributed by atoms with Gasteiger partial charge >= 0.3 is 0 Å². The minimum Gasteiger partial charge on any atom is -0.398 e. The number of hydrogen-bond acceptors (Lipinski definition) is 4. The number of rotatable bonds is 3. The molecule has 4 nitrogen and oxygen atoms in total. The van der Waals surface area contributed by atoms with Crippen molar-refractivity contribution in [1.29, 1.82) is 5.26 Å². The van der Waals surface area contributed by atoms with Crippen LogP contribution in [0.15, 0.2) is 36.5 Å². The molecule has 0 saturated carbocycles. The number of halogens is 1. The first kappa shape index (κ1) is 13.2. The molecule has 0 saturated heterocycles. The number of nitrogens with zero attached hydrogens (tertiary/aromatic N) is 3. The highest BCUT2D eigenvalue weighted by Gasteiger charge is 2.12. The van der Waals surface area contributed by atoms with E-state index >= 15 is 0 Å². The number of benzene rings is 1. The zero-order chi connectivity index (χ0) is 13.8. The molecule has 96 valence electrons. The number of aromatic nitrogens is 1. The van der Waals surface area contributed by atoms with Crippen molar-refractivity contribution in [3.63, 3.8) is 0 Å². The molecule has 2 N–H and O–H groups in total. The first-order chi connectivity index (χ1) is 9.13. The molecule has 1 heterocycles. The molecule has 0 fully saturated rings. The van der Waals surface area contributed by atoms with Crippen molar-refractivity contribution in [1.82, 2.24) is 4.98 Å². The molecule has 1 aromatic heterocycles. The molecule has 19 heavy (non-hydrogen) atoms. The van der Waals surface area contributed by atoms with Gasteiger partial charge in [-0.3, -0.25) is 0 Å². The monoisotopic (exact) mass is 272 g/mol.